The zero-order valence-electron chi connectivity index (χ0n) is 12.9. The van der Waals surface area contributed by atoms with Crippen LogP contribution in [0, 0.1) is 0 Å². The van der Waals surface area contributed by atoms with Gasteiger partial charge in [-0.05, 0) is 24.3 Å². The maximum absolute atomic E-state index is 12.0. The lowest BCUT2D eigenvalue weighted by Gasteiger charge is -2.10. The first-order valence-electron chi connectivity index (χ1n) is 7.52. The molecule has 0 aliphatic heterocycles. The van der Waals surface area contributed by atoms with Crippen LogP contribution in [0.5, 0.6) is 5.75 Å². The van der Waals surface area contributed by atoms with Crippen molar-refractivity contribution < 1.29 is 14.3 Å². The van der Waals surface area contributed by atoms with E-state index in [0.717, 1.165) is 0 Å². The van der Waals surface area contributed by atoms with Crippen LogP contribution in [0.4, 0.5) is 0 Å². The molecule has 0 amide bonds. The first kappa shape index (κ1) is 15.7. The summed E-state index contributed by atoms with van der Waals surface area (Å²) in [7, 11) is 0. The number of nitrogens with zero attached hydrogens (tertiary/aromatic N) is 2. The van der Waals surface area contributed by atoms with Gasteiger partial charge in [-0.25, -0.2) is 4.98 Å². The molecule has 0 atom stereocenters. The summed E-state index contributed by atoms with van der Waals surface area (Å²) in [5.41, 5.74) is 0.908. The molecule has 6 heteroatoms. The molecule has 0 bridgehead atoms. The van der Waals surface area contributed by atoms with Gasteiger partial charge in [0.1, 0.15) is 25.5 Å². The van der Waals surface area contributed by atoms with Crippen LogP contribution in [-0.4, -0.2) is 28.7 Å². The standard InChI is InChI=1S/C18H16N2O4/c21-17-12-19-15-8-4-5-9-16(15)20(17)13-18(22)24-11-10-23-14-6-2-1-3-7-14/h1-9,12H,10-11,13H2. The molecular weight excluding hydrogens is 308 g/mol. The number of hydrogen-bond donors (Lipinski definition) is 0. The SMILES string of the molecule is O=C(Cn1c(=O)cnc2ccccc21)OCCOc1ccccc1. The van der Waals surface area contributed by atoms with E-state index < -0.39 is 5.97 Å². The van der Waals surface area contributed by atoms with E-state index in [0.29, 0.717) is 16.8 Å². The monoisotopic (exact) mass is 324 g/mol. The maximum Gasteiger partial charge on any atom is 0.326 e. The Bertz CT molecular complexity index is 890. The summed E-state index contributed by atoms with van der Waals surface area (Å²) < 4.78 is 11.9. The first-order valence-corrected chi connectivity index (χ1v) is 7.52. The van der Waals surface area contributed by atoms with Crippen molar-refractivity contribution in [2.75, 3.05) is 13.2 Å². The molecule has 0 aliphatic rings. The van der Waals surface area contributed by atoms with Gasteiger partial charge in [0, 0.05) is 0 Å². The van der Waals surface area contributed by atoms with Crippen molar-refractivity contribution in [1.82, 2.24) is 9.55 Å². The Morgan fingerprint density at radius 1 is 1.00 bits per heavy atom. The van der Waals surface area contributed by atoms with Gasteiger partial charge in [-0.2, -0.15) is 0 Å². The smallest absolute Gasteiger partial charge is 0.326 e. The lowest BCUT2D eigenvalue weighted by Crippen LogP contribution is -2.26. The number of hydrogen-bond acceptors (Lipinski definition) is 5. The highest BCUT2D eigenvalue weighted by Gasteiger charge is 2.09. The summed E-state index contributed by atoms with van der Waals surface area (Å²) in [5, 5.41) is 0. The minimum atomic E-state index is -0.495. The Morgan fingerprint density at radius 3 is 2.58 bits per heavy atom. The number of carbonyl (C=O) groups excluding carboxylic acids is 1. The predicted molar refractivity (Wildman–Crippen MR) is 88.9 cm³/mol. The number of esters is 1. The van der Waals surface area contributed by atoms with Crippen LogP contribution in [0.15, 0.2) is 65.6 Å². The van der Waals surface area contributed by atoms with E-state index in [1.165, 1.54) is 10.8 Å². The second-order valence-corrected chi connectivity index (χ2v) is 5.05. The summed E-state index contributed by atoms with van der Waals surface area (Å²) in [6.45, 7) is 0.209. The Kier molecular flexibility index (Phi) is 4.86. The molecule has 0 unspecified atom stereocenters. The van der Waals surface area contributed by atoms with Gasteiger partial charge in [0.15, 0.2) is 0 Å². The highest BCUT2D eigenvalue weighted by atomic mass is 16.6. The topological polar surface area (TPSA) is 70.4 Å². The van der Waals surface area contributed by atoms with Crippen molar-refractivity contribution in [3.63, 3.8) is 0 Å². The Labute approximate surface area is 138 Å². The molecule has 0 spiro atoms. The van der Waals surface area contributed by atoms with E-state index in [4.69, 9.17) is 9.47 Å². The fourth-order valence-electron chi connectivity index (χ4n) is 2.28. The summed E-state index contributed by atoms with van der Waals surface area (Å²) in [6, 6.07) is 16.4. The fourth-order valence-corrected chi connectivity index (χ4v) is 2.28. The van der Waals surface area contributed by atoms with E-state index in [9.17, 15) is 9.59 Å². The number of ether oxygens (including phenoxy) is 2. The van der Waals surface area contributed by atoms with Crippen molar-refractivity contribution in [3.8, 4) is 5.75 Å². The van der Waals surface area contributed by atoms with Crippen molar-refractivity contribution in [2.24, 2.45) is 0 Å². The van der Waals surface area contributed by atoms with E-state index >= 15 is 0 Å². The lowest BCUT2D eigenvalue weighted by molar-refractivity contribution is -0.145. The van der Waals surface area contributed by atoms with Crippen LogP contribution in [0.25, 0.3) is 11.0 Å². The number of fused-ring (bicyclic) bond motifs is 1. The van der Waals surface area contributed by atoms with E-state index in [2.05, 4.69) is 4.98 Å². The predicted octanol–water partition coefficient (Wildman–Crippen LogP) is 2.02. The molecule has 122 valence electrons. The van der Waals surface area contributed by atoms with Crippen LogP contribution in [0.2, 0.25) is 0 Å². The molecule has 24 heavy (non-hydrogen) atoms. The average molecular weight is 324 g/mol. The molecule has 1 aromatic heterocycles. The van der Waals surface area contributed by atoms with Crippen LogP contribution < -0.4 is 10.3 Å². The Hall–Kier alpha value is -3.15. The van der Waals surface area contributed by atoms with Gasteiger partial charge in [-0.1, -0.05) is 30.3 Å². The number of aromatic nitrogens is 2. The molecule has 0 saturated carbocycles. The third kappa shape index (κ3) is 3.78. The largest absolute Gasteiger partial charge is 0.490 e. The molecule has 3 aromatic rings. The lowest BCUT2D eigenvalue weighted by atomic mass is 10.3. The average Bonchev–Trinajstić information content (AvgIpc) is 2.62. The zero-order valence-corrected chi connectivity index (χ0v) is 12.9. The molecule has 1 heterocycles. The van der Waals surface area contributed by atoms with Crippen LogP contribution >= 0.6 is 0 Å². The van der Waals surface area contributed by atoms with Crippen LogP contribution in [0.1, 0.15) is 0 Å². The van der Waals surface area contributed by atoms with Crippen molar-refractivity contribution in [2.45, 2.75) is 6.54 Å². The normalized spacial score (nSPS) is 10.5. The molecule has 2 aromatic carbocycles. The first-order chi connectivity index (χ1) is 11.7. The molecular formula is C18H16N2O4. The van der Waals surface area contributed by atoms with Gasteiger partial charge in [-0.3, -0.25) is 14.2 Å². The Morgan fingerprint density at radius 2 is 1.75 bits per heavy atom. The van der Waals surface area contributed by atoms with Crippen molar-refractivity contribution in [1.29, 1.82) is 0 Å². The number of carbonyl (C=O) groups is 1. The zero-order chi connectivity index (χ0) is 16.8. The van der Waals surface area contributed by atoms with Gasteiger partial charge < -0.3 is 9.47 Å². The van der Waals surface area contributed by atoms with E-state index in [-0.39, 0.29) is 25.3 Å². The third-order valence-electron chi connectivity index (χ3n) is 3.40. The summed E-state index contributed by atoms with van der Waals surface area (Å²) in [6.07, 6.45) is 1.20. The minimum absolute atomic E-state index is 0.117. The van der Waals surface area contributed by atoms with Gasteiger partial charge in [0.05, 0.1) is 17.2 Å². The summed E-state index contributed by atoms with van der Waals surface area (Å²) in [5.74, 6) is 0.218. The van der Waals surface area contributed by atoms with Crippen LogP contribution in [-0.2, 0) is 16.1 Å². The second kappa shape index (κ2) is 7.41. The van der Waals surface area contributed by atoms with Crippen molar-refractivity contribution in [3.05, 3.63) is 71.1 Å². The van der Waals surface area contributed by atoms with Gasteiger partial charge >= 0.3 is 5.97 Å². The fraction of sp³-hybridized carbons (Fsp3) is 0.167. The number of rotatable bonds is 6. The van der Waals surface area contributed by atoms with Gasteiger partial charge in [-0.15, -0.1) is 0 Å². The summed E-state index contributed by atoms with van der Waals surface area (Å²) in [4.78, 5) is 28.0. The molecule has 0 radical (unpaired) electrons. The minimum Gasteiger partial charge on any atom is -0.490 e. The van der Waals surface area contributed by atoms with Crippen LogP contribution in [0.3, 0.4) is 0 Å². The third-order valence-corrected chi connectivity index (χ3v) is 3.40. The molecule has 0 N–H and O–H groups in total. The molecule has 6 nitrogen and oxygen atoms in total. The van der Waals surface area contributed by atoms with E-state index in [1.807, 2.05) is 36.4 Å². The number of para-hydroxylation sites is 3. The molecule has 3 rings (SSSR count). The summed E-state index contributed by atoms with van der Waals surface area (Å²) >= 11 is 0. The van der Waals surface area contributed by atoms with E-state index in [1.54, 1.807) is 18.2 Å². The molecule has 0 saturated heterocycles. The van der Waals surface area contributed by atoms with Gasteiger partial charge in [0.2, 0.25) is 0 Å². The highest BCUT2D eigenvalue weighted by molar-refractivity contribution is 5.77. The second-order valence-electron chi connectivity index (χ2n) is 5.05. The quantitative estimate of drug-likeness (QED) is 0.512. The molecule has 0 fully saturated rings. The highest BCUT2D eigenvalue weighted by Crippen LogP contribution is 2.09. The Balaban J connectivity index is 1.57. The number of benzene rings is 2. The molecule has 0 aliphatic carbocycles. The van der Waals surface area contributed by atoms with Crippen molar-refractivity contribution >= 4 is 17.0 Å². The maximum atomic E-state index is 12.0. The van der Waals surface area contributed by atoms with Gasteiger partial charge in [0.25, 0.3) is 5.56 Å².